The van der Waals surface area contributed by atoms with Crippen LogP contribution < -0.4 is 15.4 Å². The van der Waals surface area contributed by atoms with E-state index >= 15 is 0 Å². The normalized spacial score (nSPS) is 10.9. The van der Waals surface area contributed by atoms with Crippen molar-refractivity contribution in [1.29, 1.82) is 0 Å². The summed E-state index contributed by atoms with van der Waals surface area (Å²) in [7, 11) is 1.48. The van der Waals surface area contributed by atoms with Gasteiger partial charge in [0.15, 0.2) is 10.7 Å². The summed E-state index contributed by atoms with van der Waals surface area (Å²) in [6, 6.07) is 24.2. The first-order chi connectivity index (χ1) is 16.5. The third-order valence-electron chi connectivity index (χ3n) is 5.28. The fourth-order valence-electron chi connectivity index (χ4n) is 3.71. The SMILES string of the molecule is COc1ccc(Cl)cc1C(=O)NC(=S)Nc1cccc(-c2nc3c(ccc4ccccc43)o2)c1. The van der Waals surface area contributed by atoms with Gasteiger partial charge in [0.2, 0.25) is 5.89 Å². The van der Waals surface area contributed by atoms with Crippen LogP contribution in [0.3, 0.4) is 0 Å². The van der Waals surface area contributed by atoms with Gasteiger partial charge in [-0.3, -0.25) is 10.1 Å². The summed E-state index contributed by atoms with van der Waals surface area (Å²) < 4.78 is 11.3. The minimum atomic E-state index is -0.432. The molecule has 1 amide bonds. The van der Waals surface area contributed by atoms with Crippen LogP contribution in [-0.2, 0) is 0 Å². The predicted octanol–water partition coefficient (Wildman–Crippen LogP) is 6.44. The lowest BCUT2D eigenvalue weighted by Crippen LogP contribution is -2.34. The summed E-state index contributed by atoms with van der Waals surface area (Å²) in [6.45, 7) is 0. The number of halogens is 1. The summed E-state index contributed by atoms with van der Waals surface area (Å²) in [5.41, 5.74) is 3.26. The number of nitrogens with one attached hydrogen (secondary N) is 2. The molecule has 34 heavy (non-hydrogen) atoms. The molecule has 6 nitrogen and oxygen atoms in total. The van der Waals surface area contributed by atoms with Crippen LogP contribution >= 0.6 is 23.8 Å². The molecule has 0 saturated heterocycles. The largest absolute Gasteiger partial charge is 0.496 e. The molecule has 0 unspecified atom stereocenters. The second-order valence-corrected chi connectivity index (χ2v) is 8.33. The Kier molecular flexibility index (Phi) is 5.88. The lowest BCUT2D eigenvalue weighted by molar-refractivity contribution is 0.0975. The fourth-order valence-corrected chi connectivity index (χ4v) is 4.09. The lowest BCUT2D eigenvalue weighted by Gasteiger charge is -2.12. The smallest absolute Gasteiger partial charge is 0.261 e. The van der Waals surface area contributed by atoms with Crippen LogP contribution in [0.15, 0.2) is 83.3 Å². The first-order valence-electron chi connectivity index (χ1n) is 10.4. The van der Waals surface area contributed by atoms with E-state index in [4.69, 9.17) is 38.0 Å². The topological polar surface area (TPSA) is 76.4 Å². The van der Waals surface area contributed by atoms with Crippen LogP contribution in [0.4, 0.5) is 5.69 Å². The maximum atomic E-state index is 12.7. The molecule has 0 radical (unpaired) electrons. The molecule has 1 aromatic heterocycles. The number of methoxy groups -OCH3 is 1. The van der Waals surface area contributed by atoms with Crippen molar-refractivity contribution in [2.24, 2.45) is 0 Å². The van der Waals surface area contributed by atoms with Crippen molar-refractivity contribution in [3.05, 3.63) is 89.4 Å². The van der Waals surface area contributed by atoms with Crippen molar-refractivity contribution in [3.63, 3.8) is 0 Å². The van der Waals surface area contributed by atoms with E-state index in [1.54, 1.807) is 12.1 Å². The number of hydrogen-bond donors (Lipinski definition) is 2. The molecule has 0 bridgehead atoms. The maximum absolute atomic E-state index is 12.7. The number of aromatic nitrogens is 1. The van der Waals surface area contributed by atoms with Crippen molar-refractivity contribution >= 4 is 62.4 Å². The highest BCUT2D eigenvalue weighted by Gasteiger charge is 2.15. The van der Waals surface area contributed by atoms with Crippen LogP contribution in [0.25, 0.3) is 33.3 Å². The molecule has 0 spiro atoms. The highest BCUT2D eigenvalue weighted by molar-refractivity contribution is 7.80. The Morgan fingerprint density at radius 2 is 1.88 bits per heavy atom. The number of thiocarbonyl (C=S) groups is 1. The summed E-state index contributed by atoms with van der Waals surface area (Å²) in [6.07, 6.45) is 0. The van der Waals surface area contributed by atoms with Crippen LogP contribution in [0, 0.1) is 0 Å². The zero-order chi connectivity index (χ0) is 23.7. The monoisotopic (exact) mass is 487 g/mol. The number of benzene rings is 4. The molecule has 0 saturated carbocycles. The second-order valence-electron chi connectivity index (χ2n) is 7.49. The second kappa shape index (κ2) is 9.13. The van der Waals surface area contributed by atoms with E-state index in [1.165, 1.54) is 13.2 Å². The fraction of sp³-hybridized carbons (Fsp3) is 0.0385. The van der Waals surface area contributed by atoms with Gasteiger partial charge in [0.25, 0.3) is 5.91 Å². The molecule has 4 aromatic carbocycles. The summed E-state index contributed by atoms with van der Waals surface area (Å²) in [5.74, 6) is 0.461. The molecule has 5 rings (SSSR count). The van der Waals surface area contributed by atoms with Gasteiger partial charge in [-0.05, 0) is 60.1 Å². The number of anilines is 1. The lowest BCUT2D eigenvalue weighted by atomic mass is 10.1. The van der Waals surface area contributed by atoms with Gasteiger partial charge in [0.05, 0.1) is 12.7 Å². The van der Waals surface area contributed by atoms with Gasteiger partial charge in [-0.25, -0.2) is 4.98 Å². The number of nitrogens with zero attached hydrogens (tertiary/aromatic N) is 1. The third kappa shape index (κ3) is 4.31. The van der Waals surface area contributed by atoms with Gasteiger partial charge < -0.3 is 14.5 Å². The van der Waals surface area contributed by atoms with Gasteiger partial charge in [0.1, 0.15) is 11.3 Å². The molecule has 1 heterocycles. The molecule has 0 aliphatic carbocycles. The zero-order valence-electron chi connectivity index (χ0n) is 18.0. The van der Waals surface area contributed by atoms with Gasteiger partial charge in [0, 0.05) is 21.7 Å². The van der Waals surface area contributed by atoms with E-state index in [0.29, 0.717) is 27.9 Å². The average Bonchev–Trinajstić information content (AvgIpc) is 3.29. The molecule has 0 fully saturated rings. The highest BCUT2D eigenvalue weighted by atomic mass is 35.5. The molecule has 168 valence electrons. The Labute approximate surface area is 205 Å². The minimum absolute atomic E-state index is 0.132. The zero-order valence-corrected chi connectivity index (χ0v) is 19.5. The summed E-state index contributed by atoms with van der Waals surface area (Å²) in [4.78, 5) is 17.4. The number of fused-ring (bicyclic) bond motifs is 3. The van der Waals surface area contributed by atoms with Crippen molar-refractivity contribution in [2.45, 2.75) is 0 Å². The Bertz CT molecular complexity index is 1560. The van der Waals surface area contributed by atoms with Gasteiger partial charge in [-0.2, -0.15) is 0 Å². The molecule has 5 aromatic rings. The first kappa shape index (κ1) is 21.9. The number of carbonyl (C=O) groups excluding carboxylic acids is 1. The van der Waals surface area contributed by atoms with E-state index in [0.717, 1.165) is 21.9 Å². The van der Waals surface area contributed by atoms with E-state index in [2.05, 4.69) is 10.6 Å². The van der Waals surface area contributed by atoms with Crippen LogP contribution in [-0.4, -0.2) is 23.1 Å². The molecule has 2 N–H and O–H groups in total. The Morgan fingerprint density at radius 1 is 1.03 bits per heavy atom. The number of ether oxygens (including phenoxy) is 1. The number of rotatable bonds is 4. The number of amides is 1. The Hall–Kier alpha value is -3.94. The summed E-state index contributed by atoms with van der Waals surface area (Å²) in [5, 5.41) is 8.36. The van der Waals surface area contributed by atoms with E-state index in [9.17, 15) is 4.79 Å². The molecular weight excluding hydrogens is 470 g/mol. The molecule has 0 aliphatic rings. The first-order valence-corrected chi connectivity index (χ1v) is 11.1. The van der Waals surface area contributed by atoms with Crippen molar-refractivity contribution < 1.29 is 13.9 Å². The Balaban J connectivity index is 1.36. The third-order valence-corrected chi connectivity index (χ3v) is 5.72. The quantitative estimate of drug-likeness (QED) is 0.284. The Morgan fingerprint density at radius 3 is 2.74 bits per heavy atom. The van der Waals surface area contributed by atoms with Crippen molar-refractivity contribution in [3.8, 4) is 17.2 Å². The molecular formula is C26H18ClN3O3S. The van der Waals surface area contributed by atoms with E-state index in [-0.39, 0.29) is 10.7 Å². The highest BCUT2D eigenvalue weighted by Crippen LogP contribution is 2.30. The standard InChI is InChI=1S/C26H18ClN3O3S/c1-32-21-12-10-17(27)14-20(21)24(31)30-26(34)28-18-7-4-6-16(13-18)25-29-23-19-8-3-2-5-15(19)9-11-22(23)33-25/h2-14H,1H3,(H2,28,30,31,34). The maximum Gasteiger partial charge on any atom is 0.261 e. The number of oxazole rings is 1. The van der Waals surface area contributed by atoms with E-state index < -0.39 is 5.91 Å². The van der Waals surface area contributed by atoms with Crippen LogP contribution in [0.1, 0.15) is 10.4 Å². The van der Waals surface area contributed by atoms with Gasteiger partial charge in [-0.15, -0.1) is 0 Å². The van der Waals surface area contributed by atoms with Gasteiger partial charge >= 0.3 is 0 Å². The van der Waals surface area contributed by atoms with Crippen LogP contribution in [0.5, 0.6) is 5.75 Å². The summed E-state index contributed by atoms with van der Waals surface area (Å²) >= 11 is 11.4. The predicted molar refractivity (Wildman–Crippen MR) is 139 cm³/mol. The molecule has 8 heteroatoms. The number of carbonyl (C=O) groups is 1. The molecule has 0 atom stereocenters. The van der Waals surface area contributed by atoms with E-state index in [1.807, 2.05) is 60.7 Å². The van der Waals surface area contributed by atoms with Crippen LogP contribution in [0.2, 0.25) is 5.02 Å². The van der Waals surface area contributed by atoms with Crippen molar-refractivity contribution in [1.82, 2.24) is 10.3 Å². The average molecular weight is 488 g/mol. The number of hydrogen-bond acceptors (Lipinski definition) is 5. The molecule has 0 aliphatic heterocycles. The van der Waals surface area contributed by atoms with Gasteiger partial charge in [-0.1, -0.05) is 48.0 Å². The van der Waals surface area contributed by atoms with Crippen molar-refractivity contribution in [2.75, 3.05) is 12.4 Å². The minimum Gasteiger partial charge on any atom is -0.496 e.